The van der Waals surface area contributed by atoms with E-state index in [1.807, 2.05) is 12.4 Å². The quantitative estimate of drug-likeness (QED) is 0.769. The minimum absolute atomic E-state index is 0.768. The van der Waals surface area contributed by atoms with Crippen LogP contribution in [0.15, 0.2) is 30.6 Å². The first kappa shape index (κ1) is 10.1. The highest BCUT2D eigenvalue weighted by atomic mass is 15.1. The predicted molar refractivity (Wildman–Crippen MR) is 61.5 cm³/mol. The number of aromatic nitrogens is 2. The van der Waals surface area contributed by atoms with Crippen LogP contribution in [0, 0.1) is 0 Å². The van der Waals surface area contributed by atoms with Crippen LogP contribution >= 0.6 is 0 Å². The molecule has 0 bridgehead atoms. The van der Waals surface area contributed by atoms with E-state index in [1.54, 1.807) is 0 Å². The Morgan fingerprint density at radius 3 is 2.80 bits per heavy atom. The summed E-state index contributed by atoms with van der Waals surface area (Å²) >= 11 is 0. The fourth-order valence-electron chi connectivity index (χ4n) is 1.77. The molecule has 3 heteroatoms. The van der Waals surface area contributed by atoms with Crippen LogP contribution in [0.4, 0.5) is 0 Å². The van der Waals surface area contributed by atoms with Gasteiger partial charge in [0.25, 0.3) is 0 Å². The molecule has 0 unspecified atom stereocenters. The zero-order valence-corrected chi connectivity index (χ0v) is 8.69. The molecule has 0 radical (unpaired) electrons. The van der Waals surface area contributed by atoms with Crippen molar-refractivity contribution < 1.29 is 0 Å². The standard InChI is InChI=1S/C12H15N3/c13-7-2-1-4-10-5-3-6-11-8-14-15-9-12(10)11/h3,5-6,8-9H,1-2,4,7,13H2. The van der Waals surface area contributed by atoms with E-state index in [2.05, 4.69) is 28.4 Å². The maximum atomic E-state index is 5.48. The van der Waals surface area contributed by atoms with Crippen molar-refractivity contribution in [3.8, 4) is 0 Å². The lowest BCUT2D eigenvalue weighted by Gasteiger charge is -2.04. The fraction of sp³-hybridized carbons (Fsp3) is 0.333. The summed E-state index contributed by atoms with van der Waals surface area (Å²) < 4.78 is 0. The van der Waals surface area contributed by atoms with Gasteiger partial charge in [0.15, 0.2) is 0 Å². The van der Waals surface area contributed by atoms with Gasteiger partial charge in [-0.2, -0.15) is 10.2 Å². The number of unbranched alkanes of at least 4 members (excludes halogenated alkanes) is 1. The van der Waals surface area contributed by atoms with E-state index in [1.165, 1.54) is 10.9 Å². The number of nitrogens with zero attached hydrogens (tertiary/aromatic N) is 2. The van der Waals surface area contributed by atoms with Crippen LogP contribution in [0.2, 0.25) is 0 Å². The molecule has 0 fully saturated rings. The van der Waals surface area contributed by atoms with Gasteiger partial charge in [0, 0.05) is 10.8 Å². The lowest BCUT2D eigenvalue weighted by molar-refractivity contribution is 0.747. The molecule has 1 aromatic carbocycles. The number of aryl methyl sites for hydroxylation is 1. The van der Waals surface area contributed by atoms with Crippen molar-refractivity contribution in [2.75, 3.05) is 6.54 Å². The van der Waals surface area contributed by atoms with Gasteiger partial charge < -0.3 is 5.73 Å². The first-order valence-corrected chi connectivity index (χ1v) is 5.30. The summed E-state index contributed by atoms with van der Waals surface area (Å²) in [5.74, 6) is 0. The van der Waals surface area contributed by atoms with Crippen molar-refractivity contribution in [1.82, 2.24) is 10.2 Å². The molecule has 0 amide bonds. The average Bonchev–Trinajstić information content (AvgIpc) is 2.30. The lowest BCUT2D eigenvalue weighted by Crippen LogP contribution is -1.99. The molecule has 2 rings (SSSR count). The summed E-state index contributed by atoms with van der Waals surface area (Å²) in [7, 11) is 0. The maximum absolute atomic E-state index is 5.48. The van der Waals surface area contributed by atoms with E-state index < -0.39 is 0 Å². The topological polar surface area (TPSA) is 51.8 Å². The van der Waals surface area contributed by atoms with E-state index in [9.17, 15) is 0 Å². The normalized spacial score (nSPS) is 10.7. The minimum atomic E-state index is 0.768. The van der Waals surface area contributed by atoms with Crippen molar-refractivity contribution in [2.24, 2.45) is 5.73 Å². The molecule has 3 nitrogen and oxygen atoms in total. The highest BCUT2D eigenvalue weighted by Crippen LogP contribution is 2.18. The van der Waals surface area contributed by atoms with Gasteiger partial charge >= 0.3 is 0 Å². The average molecular weight is 201 g/mol. The van der Waals surface area contributed by atoms with Gasteiger partial charge in [-0.1, -0.05) is 18.2 Å². The van der Waals surface area contributed by atoms with Gasteiger partial charge in [-0.15, -0.1) is 0 Å². The van der Waals surface area contributed by atoms with E-state index in [0.29, 0.717) is 0 Å². The van der Waals surface area contributed by atoms with Gasteiger partial charge in [0.05, 0.1) is 12.4 Å². The second-order valence-corrected chi connectivity index (χ2v) is 3.65. The Balaban J connectivity index is 2.26. The minimum Gasteiger partial charge on any atom is -0.330 e. The third kappa shape index (κ3) is 2.30. The van der Waals surface area contributed by atoms with Gasteiger partial charge in [-0.3, -0.25) is 0 Å². The zero-order valence-electron chi connectivity index (χ0n) is 8.69. The van der Waals surface area contributed by atoms with Crippen LogP contribution in [-0.4, -0.2) is 16.7 Å². The Bertz CT molecular complexity index is 434. The molecule has 15 heavy (non-hydrogen) atoms. The van der Waals surface area contributed by atoms with Crippen LogP contribution in [-0.2, 0) is 6.42 Å². The predicted octanol–water partition coefficient (Wildman–Crippen LogP) is 1.91. The Kier molecular flexibility index (Phi) is 3.25. The molecule has 2 N–H and O–H groups in total. The monoisotopic (exact) mass is 201 g/mol. The first-order chi connectivity index (χ1) is 7.42. The summed E-state index contributed by atoms with van der Waals surface area (Å²) in [4.78, 5) is 0. The molecule has 0 aliphatic carbocycles. The van der Waals surface area contributed by atoms with Crippen molar-refractivity contribution in [3.05, 3.63) is 36.2 Å². The second kappa shape index (κ2) is 4.84. The van der Waals surface area contributed by atoms with E-state index in [-0.39, 0.29) is 0 Å². The van der Waals surface area contributed by atoms with Gasteiger partial charge in [0.1, 0.15) is 0 Å². The van der Waals surface area contributed by atoms with Crippen molar-refractivity contribution >= 4 is 10.8 Å². The first-order valence-electron chi connectivity index (χ1n) is 5.30. The molecule has 0 aliphatic rings. The highest BCUT2D eigenvalue weighted by molar-refractivity contribution is 5.83. The maximum Gasteiger partial charge on any atom is 0.0577 e. The molecular formula is C12H15N3. The smallest absolute Gasteiger partial charge is 0.0577 e. The molecule has 0 saturated carbocycles. The Labute approximate surface area is 89.3 Å². The molecule has 0 spiro atoms. The summed E-state index contributed by atoms with van der Waals surface area (Å²) in [5.41, 5.74) is 6.83. The van der Waals surface area contributed by atoms with Crippen LogP contribution in [0.5, 0.6) is 0 Å². The van der Waals surface area contributed by atoms with Crippen LogP contribution in [0.25, 0.3) is 10.8 Å². The summed E-state index contributed by atoms with van der Waals surface area (Å²) in [6.45, 7) is 0.768. The van der Waals surface area contributed by atoms with Crippen molar-refractivity contribution in [2.45, 2.75) is 19.3 Å². The molecule has 2 aromatic rings. The third-order valence-electron chi connectivity index (χ3n) is 2.58. The number of hydrogen-bond acceptors (Lipinski definition) is 3. The summed E-state index contributed by atoms with van der Waals surface area (Å²) in [6.07, 6.45) is 6.93. The SMILES string of the molecule is NCCCCc1cccc2cnncc12. The third-order valence-corrected chi connectivity index (χ3v) is 2.58. The molecule has 0 saturated heterocycles. The molecule has 78 valence electrons. The van der Waals surface area contributed by atoms with Gasteiger partial charge in [-0.05, 0) is 31.4 Å². The largest absolute Gasteiger partial charge is 0.330 e. The van der Waals surface area contributed by atoms with Crippen LogP contribution in [0.3, 0.4) is 0 Å². The Morgan fingerprint density at radius 1 is 1.07 bits per heavy atom. The van der Waals surface area contributed by atoms with Crippen molar-refractivity contribution in [1.29, 1.82) is 0 Å². The molecule has 1 aromatic heterocycles. The van der Waals surface area contributed by atoms with Gasteiger partial charge in [0.2, 0.25) is 0 Å². The number of fused-ring (bicyclic) bond motifs is 1. The molecule has 0 aliphatic heterocycles. The van der Waals surface area contributed by atoms with Crippen LogP contribution < -0.4 is 5.73 Å². The molecule has 1 heterocycles. The Hall–Kier alpha value is -1.48. The second-order valence-electron chi connectivity index (χ2n) is 3.65. The molecular weight excluding hydrogens is 186 g/mol. The highest BCUT2D eigenvalue weighted by Gasteiger charge is 2.00. The summed E-state index contributed by atoms with van der Waals surface area (Å²) in [5, 5.41) is 10.2. The number of hydrogen-bond donors (Lipinski definition) is 1. The van der Waals surface area contributed by atoms with E-state index in [4.69, 9.17) is 5.73 Å². The fourth-order valence-corrected chi connectivity index (χ4v) is 1.77. The Morgan fingerprint density at radius 2 is 1.93 bits per heavy atom. The van der Waals surface area contributed by atoms with Crippen molar-refractivity contribution in [3.63, 3.8) is 0 Å². The number of nitrogens with two attached hydrogens (primary N) is 1. The van der Waals surface area contributed by atoms with E-state index in [0.717, 1.165) is 31.2 Å². The van der Waals surface area contributed by atoms with Crippen LogP contribution in [0.1, 0.15) is 18.4 Å². The zero-order chi connectivity index (χ0) is 10.5. The summed E-state index contributed by atoms with van der Waals surface area (Å²) in [6, 6.07) is 6.29. The number of rotatable bonds is 4. The lowest BCUT2D eigenvalue weighted by atomic mass is 10.0. The number of benzene rings is 1. The van der Waals surface area contributed by atoms with Gasteiger partial charge in [-0.25, -0.2) is 0 Å². The van der Waals surface area contributed by atoms with E-state index >= 15 is 0 Å². The molecule has 0 atom stereocenters.